The molecular formula is C14H11F3IO5S-. The van der Waals surface area contributed by atoms with Crippen molar-refractivity contribution < 1.29 is 53.1 Å². The third-order valence-electron chi connectivity index (χ3n) is 3.26. The van der Waals surface area contributed by atoms with Gasteiger partial charge in [0, 0.05) is 0 Å². The quantitative estimate of drug-likeness (QED) is 0.381. The third-order valence-corrected chi connectivity index (χ3v) is 13.5. The van der Waals surface area contributed by atoms with Crippen LogP contribution in [0.4, 0.5) is 11.6 Å². The molecular weight excluding hydrogens is 464 g/mol. The molecule has 1 unspecified atom stereocenters. The summed E-state index contributed by atoms with van der Waals surface area (Å²) in [5, 5.41) is 0. The van der Waals surface area contributed by atoms with Gasteiger partial charge in [-0.1, -0.05) is 0 Å². The first-order valence-corrected chi connectivity index (χ1v) is 11.9. The fourth-order valence-corrected chi connectivity index (χ4v) is 10.9. The van der Waals surface area contributed by atoms with Crippen LogP contribution in [0.5, 0.6) is 11.5 Å². The summed E-state index contributed by atoms with van der Waals surface area (Å²) < 4.78 is 80.4. The first-order valence-electron chi connectivity index (χ1n) is 6.44. The zero-order chi connectivity index (χ0) is 17.6. The molecule has 0 aromatic heterocycles. The molecule has 1 aliphatic heterocycles. The van der Waals surface area contributed by atoms with Gasteiger partial charge in [0.1, 0.15) is 0 Å². The Morgan fingerprint density at radius 2 is 1.62 bits per heavy atom. The van der Waals surface area contributed by atoms with Crippen molar-refractivity contribution >= 4 is 10.1 Å². The molecule has 1 atom stereocenters. The molecule has 24 heavy (non-hydrogen) atoms. The Hall–Kier alpha value is -1.53. The molecule has 0 saturated carbocycles. The van der Waals surface area contributed by atoms with E-state index < -0.39 is 39.5 Å². The molecule has 2 aromatic carbocycles. The molecule has 5 nitrogen and oxygen atoms in total. The first-order chi connectivity index (χ1) is 11.2. The fourth-order valence-electron chi connectivity index (χ4n) is 2.14. The summed E-state index contributed by atoms with van der Waals surface area (Å²) in [5.41, 5.74) is 0. The number of hydrogen-bond donors (Lipinski definition) is 1. The van der Waals surface area contributed by atoms with Crippen molar-refractivity contribution in [3.05, 3.63) is 55.7 Å². The Balaban J connectivity index is 2.28. The molecule has 0 saturated heterocycles. The first kappa shape index (κ1) is 17.3. The molecule has 0 fully saturated rings. The summed E-state index contributed by atoms with van der Waals surface area (Å²) in [4.78, 5) is 0. The summed E-state index contributed by atoms with van der Waals surface area (Å²) in [6, 6.07) is 9.57. The van der Waals surface area contributed by atoms with Crippen molar-refractivity contribution in [2.45, 2.75) is 3.26 Å². The van der Waals surface area contributed by atoms with Gasteiger partial charge in [-0.2, -0.15) is 0 Å². The number of benzene rings is 2. The minimum absolute atomic E-state index is 0.0418. The summed E-state index contributed by atoms with van der Waals surface area (Å²) in [6.45, 7) is -0.149. The van der Waals surface area contributed by atoms with Gasteiger partial charge in [-0.3, -0.25) is 0 Å². The molecule has 0 amide bonds. The van der Waals surface area contributed by atoms with Gasteiger partial charge in [0.15, 0.2) is 0 Å². The number of hydrogen-bond acceptors (Lipinski definition) is 4. The molecule has 1 N–H and O–H groups in total. The van der Waals surface area contributed by atoms with Crippen LogP contribution in [0, 0.1) is 7.14 Å². The number of rotatable bonds is 4. The summed E-state index contributed by atoms with van der Waals surface area (Å²) in [7, 11) is -5.97. The predicted octanol–water partition coefficient (Wildman–Crippen LogP) is -0.0623. The van der Waals surface area contributed by atoms with E-state index in [0.29, 0.717) is 0 Å². The minimum atomic E-state index is -6.27. The Morgan fingerprint density at radius 3 is 2.25 bits per heavy atom. The van der Waals surface area contributed by atoms with E-state index in [4.69, 9.17) is 14.0 Å². The van der Waals surface area contributed by atoms with E-state index in [1.165, 1.54) is 24.3 Å². The third kappa shape index (κ3) is 2.52. The summed E-state index contributed by atoms with van der Waals surface area (Å²) in [6.07, 6.45) is 0. The van der Waals surface area contributed by atoms with E-state index in [-0.39, 0.29) is 18.3 Å². The predicted molar refractivity (Wildman–Crippen MR) is 74.0 cm³/mol. The normalized spacial score (nSPS) is 18.0. The van der Waals surface area contributed by atoms with Crippen molar-refractivity contribution in [2.75, 3.05) is 6.79 Å². The Morgan fingerprint density at radius 1 is 1.00 bits per heavy atom. The van der Waals surface area contributed by atoms with Crippen LogP contribution < -0.4 is 28.5 Å². The van der Waals surface area contributed by atoms with E-state index in [0.717, 1.165) is 24.3 Å². The molecule has 0 aliphatic carbocycles. The number of fused-ring (bicyclic) bond motifs is 1. The monoisotopic (exact) mass is 475 g/mol. The average Bonchev–Trinajstić information content (AvgIpc) is 3.01. The van der Waals surface area contributed by atoms with Crippen molar-refractivity contribution in [1.82, 2.24) is 0 Å². The number of ether oxygens (including phenoxy) is 2. The van der Waals surface area contributed by atoms with Crippen LogP contribution in [0.3, 0.4) is 0 Å². The molecule has 1 heterocycles. The second-order valence-corrected chi connectivity index (χ2v) is 13.6. The maximum atomic E-state index is 15.8. The van der Waals surface area contributed by atoms with E-state index in [9.17, 15) is 17.2 Å². The van der Waals surface area contributed by atoms with Crippen LogP contribution >= 0.6 is 0 Å². The van der Waals surface area contributed by atoms with Gasteiger partial charge in [-0.15, -0.1) is 0 Å². The Bertz CT molecular complexity index is 875. The zero-order valence-electron chi connectivity index (χ0n) is 11.8. The van der Waals surface area contributed by atoms with Crippen molar-refractivity contribution in [2.24, 2.45) is 0 Å². The van der Waals surface area contributed by atoms with E-state index >= 15 is 2.86 Å². The van der Waals surface area contributed by atoms with E-state index in [2.05, 4.69) is 0 Å². The van der Waals surface area contributed by atoms with Gasteiger partial charge in [0.2, 0.25) is 0 Å². The van der Waals surface area contributed by atoms with Crippen LogP contribution in [-0.2, 0) is 10.1 Å². The van der Waals surface area contributed by atoms with E-state index in [1.807, 2.05) is 0 Å². The molecule has 132 valence electrons. The molecule has 3 rings (SSSR count). The second-order valence-electron chi connectivity index (χ2n) is 4.71. The molecule has 0 spiro atoms. The SMILES string of the molecule is O=S(=O)(O)C(F)(F)[I-](F)(c1ccccc1)c1ccc2c(c1)OCO2. The fraction of sp³-hybridized carbons (Fsp3) is 0.143. The maximum absolute atomic E-state index is 15.8. The van der Waals surface area contributed by atoms with Crippen LogP contribution in [0.25, 0.3) is 0 Å². The van der Waals surface area contributed by atoms with Crippen molar-refractivity contribution in [1.29, 1.82) is 0 Å². The Labute approximate surface area is 140 Å². The molecule has 0 bridgehead atoms. The summed E-state index contributed by atoms with van der Waals surface area (Å²) >= 11 is -6.27. The molecule has 1 aliphatic rings. The number of alkyl halides is 3. The van der Waals surface area contributed by atoms with Crippen LogP contribution in [-0.4, -0.2) is 23.0 Å². The van der Waals surface area contributed by atoms with Gasteiger partial charge in [0.25, 0.3) is 0 Å². The second kappa shape index (κ2) is 5.77. The van der Waals surface area contributed by atoms with Crippen LogP contribution in [0.2, 0.25) is 0 Å². The van der Waals surface area contributed by atoms with Crippen molar-refractivity contribution in [3.63, 3.8) is 0 Å². The van der Waals surface area contributed by atoms with E-state index in [1.54, 1.807) is 0 Å². The van der Waals surface area contributed by atoms with Gasteiger partial charge in [-0.25, -0.2) is 0 Å². The van der Waals surface area contributed by atoms with Gasteiger partial charge < -0.3 is 0 Å². The topological polar surface area (TPSA) is 72.8 Å². The zero-order valence-corrected chi connectivity index (χ0v) is 14.8. The average molecular weight is 475 g/mol. The molecule has 2 aromatic rings. The van der Waals surface area contributed by atoms with Crippen LogP contribution in [0.1, 0.15) is 0 Å². The Kier molecular flexibility index (Phi) is 4.16. The van der Waals surface area contributed by atoms with Crippen LogP contribution in [0.15, 0.2) is 48.5 Å². The van der Waals surface area contributed by atoms with Gasteiger partial charge in [-0.05, 0) is 0 Å². The number of halogens is 4. The standard InChI is InChI=1S/C14H11F3IO5S/c15-14(16,24(19,20)21)18(17,10-4-2-1-3-5-10)11-6-7-12-13(8-11)23-9-22-12/h1-8H,9H2,(H,19,20,21)/q-1. The molecule has 0 radical (unpaired) electrons. The molecule has 10 heteroatoms. The van der Waals surface area contributed by atoms with Gasteiger partial charge in [0.05, 0.1) is 0 Å². The van der Waals surface area contributed by atoms with Gasteiger partial charge >= 0.3 is 140 Å². The summed E-state index contributed by atoms with van der Waals surface area (Å²) in [5.74, 6) is 0.283. The van der Waals surface area contributed by atoms with Crippen molar-refractivity contribution in [3.8, 4) is 11.5 Å².